The van der Waals surface area contributed by atoms with Crippen LogP contribution in [0.2, 0.25) is 0 Å². The van der Waals surface area contributed by atoms with Gasteiger partial charge in [0.2, 0.25) is 5.91 Å². The summed E-state index contributed by atoms with van der Waals surface area (Å²) in [5.41, 5.74) is 4.04. The van der Waals surface area contributed by atoms with E-state index in [9.17, 15) is 4.79 Å². The molecule has 124 valence electrons. The molecular weight excluding hydrogens is 300 g/mol. The van der Waals surface area contributed by atoms with Crippen molar-refractivity contribution in [3.8, 4) is 5.75 Å². The Morgan fingerprint density at radius 3 is 2.58 bits per heavy atom. The lowest BCUT2D eigenvalue weighted by Crippen LogP contribution is -2.14. The van der Waals surface area contributed by atoms with Crippen LogP contribution in [0.4, 0.5) is 5.69 Å². The predicted molar refractivity (Wildman–Crippen MR) is 97.7 cm³/mol. The first-order valence-corrected chi connectivity index (χ1v) is 8.10. The highest BCUT2D eigenvalue weighted by Crippen LogP contribution is 2.24. The molecule has 0 bridgehead atoms. The van der Waals surface area contributed by atoms with E-state index >= 15 is 0 Å². The van der Waals surface area contributed by atoms with Crippen molar-refractivity contribution in [1.29, 1.82) is 0 Å². The van der Waals surface area contributed by atoms with Gasteiger partial charge in [-0.05, 0) is 47.4 Å². The van der Waals surface area contributed by atoms with E-state index in [2.05, 4.69) is 36.3 Å². The van der Waals surface area contributed by atoms with Crippen molar-refractivity contribution in [3.63, 3.8) is 0 Å². The number of hydrogen-bond acceptors (Lipinski definition) is 2. The zero-order chi connectivity index (χ0) is 17.1. The summed E-state index contributed by atoms with van der Waals surface area (Å²) in [6.07, 6.45) is 2.20. The minimum absolute atomic E-state index is 0.0315. The van der Waals surface area contributed by atoms with Gasteiger partial charge in [0.25, 0.3) is 0 Å². The number of aromatic nitrogens is 1. The van der Waals surface area contributed by atoms with Crippen LogP contribution in [0.1, 0.15) is 30.9 Å². The standard InChI is InChI=1S/C20H22N2O2/c1-13(2)14-4-6-16(7-5-14)22-20(23)10-15-12-21-19-9-8-17(24-3)11-18(15)19/h4-9,11-13,21H,10H2,1-3H3,(H,22,23). The number of hydrogen-bond donors (Lipinski definition) is 2. The fraction of sp³-hybridized carbons (Fsp3) is 0.250. The molecule has 0 fully saturated rings. The topological polar surface area (TPSA) is 54.1 Å². The molecular formula is C20H22N2O2. The fourth-order valence-electron chi connectivity index (χ4n) is 2.76. The van der Waals surface area contributed by atoms with Crippen LogP contribution in [-0.2, 0) is 11.2 Å². The average Bonchev–Trinajstić information content (AvgIpc) is 2.97. The molecule has 2 aromatic carbocycles. The van der Waals surface area contributed by atoms with Crippen LogP contribution in [0, 0.1) is 0 Å². The van der Waals surface area contributed by atoms with Gasteiger partial charge in [-0.15, -0.1) is 0 Å². The van der Waals surface area contributed by atoms with Crippen molar-refractivity contribution in [2.24, 2.45) is 0 Å². The average molecular weight is 322 g/mol. The summed E-state index contributed by atoms with van der Waals surface area (Å²) in [6, 6.07) is 13.8. The third kappa shape index (κ3) is 3.43. The quantitative estimate of drug-likeness (QED) is 0.727. The summed E-state index contributed by atoms with van der Waals surface area (Å²) in [6.45, 7) is 4.30. The minimum atomic E-state index is -0.0315. The number of methoxy groups -OCH3 is 1. The number of anilines is 1. The van der Waals surface area contributed by atoms with Gasteiger partial charge >= 0.3 is 0 Å². The zero-order valence-corrected chi connectivity index (χ0v) is 14.2. The molecule has 4 nitrogen and oxygen atoms in total. The molecule has 1 heterocycles. The molecule has 0 saturated carbocycles. The van der Waals surface area contributed by atoms with Crippen LogP contribution in [0.3, 0.4) is 0 Å². The van der Waals surface area contributed by atoms with Gasteiger partial charge in [0, 0.05) is 22.8 Å². The number of aromatic amines is 1. The van der Waals surface area contributed by atoms with Crippen molar-refractivity contribution in [2.45, 2.75) is 26.2 Å². The third-order valence-corrected chi connectivity index (χ3v) is 4.19. The summed E-state index contributed by atoms with van der Waals surface area (Å²) in [5, 5.41) is 3.97. The number of rotatable bonds is 5. The normalized spacial score (nSPS) is 11.0. The Labute approximate surface area is 141 Å². The van der Waals surface area contributed by atoms with E-state index in [1.807, 2.05) is 36.5 Å². The Morgan fingerprint density at radius 2 is 1.92 bits per heavy atom. The van der Waals surface area contributed by atoms with Crippen molar-refractivity contribution in [1.82, 2.24) is 4.98 Å². The summed E-state index contributed by atoms with van der Waals surface area (Å²) >= 11 is 0. The highest BCUT2D eigenvalue weighted by Gasteiger charge is 2.10. The number of ether oxygens (including phenoxy) is 1. The first-order chi connectivity index (χ1) is 11.6. The van der Waals surface area contributed by atoms with Crippen molar-refractivity contribution in [2.75, 3.05) is 12.4 Å². The first kappa shape index (κ1) is 16.1. The predicted octanol–water partition coefficient (Wildman–Crippen LogP) is 4.48. The Balaban J connectivity index is 1.72. The molecule has 0 atom stereocenters. The monoisotopic (exact) mass is 322 g/mol. The lowest BCUT2D eigenvalue weighted by Gasteiger charge is -2.08. The number of benzene rings is 2. The summed E-state index contributed by atoms with van der Waals surface area (Å²) in [4.78, 5) is 15.5. The number of carbonyl (C=O) groups is 1. The number of amides is 1. The van der Waals surface area contributed by atoms with Gasteiger partial charge in [-0.2, -0.15) is 0 Å². The van der Waals surface area contributed by atoms with E-state index in [-0.39, 0.29) is 5.91 Å². The van der Waals surface area contributed by atoms with E-state index in [4.69, 9.17) is 4.74 Å². The lowest BCUT2D eigenvalue weighted by molar-refractivity contribution is -0.115. The summed E-state index contributed by atoms with van der Waals surface area (Å²) in [5.74, 6) is 1.24. The molecule has 0 spiro atoms. The molecule has 2 N–H and O–H groups in total. The van der Waals surface area contributed by atoms with Gasteiger partial charge in [-0.1, -0.05) is 26.0 Å². The Bertz CT molecular complexity index is 848. The van der Waals surface area contributed by atoms with Crippen molar-refractivity contribution >= 4 is 22.5 Å². The molecule has 24 heavy (non-hydrogen) atoms. The maximum atomic E-state index is 12.3. The Morgan fingerprint density at radius 1 is 1.17 bits per heavy atom. The van der Waals surface area contributed by atoms with Gasteiger partial charge < -0.3 is 15.0 Å². The molecule has 0 saturated heterocycles. The van der Waals surface area contributed by atoms with Crippen LogP contribution < -0.4 is 10.1 Å². The number of H-pyrrole nitrogens is 1. The van der Waals surface area contributed by atoms with Gasteiger partial charge in [0.1, 0.15) is 5.75 Å². The van der Waals surface area contributed by atoms with Crippen molar-refractivity contribution in [3.05, 3.63) is 59.8 Å². The molecule has 0 unspecified atom stereocenters. The van der Waals surface area contributed by atoms with E-state index in [1.54, 1.807) is 7.11 Å². The molecule has 4 heteroatoms. The van der Waals surface area contributed by atoms with E-state index in [1.165, 1.54) is 5.56 Å². The van der Waals surface area contributed by atoms with Gasteiger partial charge in [0.15, 0.2) is 0 Å². The third-order valence-electron chi connectivity index (χ3n) is 4.19. The largest absolute Gasteiger partial charge is 0.497 e. The van der Waals surface area contributed by atoms with Crippen LogP contribution in [-0.4, -0.2) is 18.0 Å². The molecule has 0 aliphatic rings. The second-order valence-corrected chi connectivity index (χ2v) is 6.23. The number of nitrogens with one attached hydrogen (secondary N) is 2. The van der Waals surface area contributed by atoms with Gasteiger partial charge in [0.05, 0.1) is 13.5 Å². The minimum Gasteiger partial charge on any atom is -0.497 e. The highest BCUT2D eigenvalue weighted by atomic mass is 16.5. The molecule has 1 amide bonds. The Kier molecular flexibility index (Phi) is 4.56. The molecule has 0 aliphatic heterocycles. The summed E-state index contributed by atoms with van der Waals surface area (Å²) < 4.78 is 5.26. The second kappa shape index (κ2) is 6.79. The molecule has 0 radical (unpaired) electrons. The van der Waals surface area contributed by atoms with Crippen LogP contribution in [0.15, 0.2) is 48.7 Å². The molecule has 3 aromatic rings. The highest BCUT2D eigenvalue weighted by molar-refractivity contribution is 5.96. The van der Waals surface area contributed by atoms with Crippen LogP contribution >= 0.6 is 0 Å². The van der Waals surface area contributed by atoms with Crippen LogP contribution in [0.5, 0.6) is 5.75 Å². The van der Waals surface area contributed by atoms with Gasteiger partial charge in [-0.25, -0.2) is 0 Å². The maximum Gasteiger partial charge on any atom is 0.228 e. The van der Waals surface area contributed by atoms with E-state index in [0.717, 1.165) is 27.9 Å². The second-order valence-electron chi connectivity index (χ2n) is 6.23. The van der Waals surface area contributed by atoms with Crippen LogP contribution in [0.25, 0.3) is 10.9 Å². The first-order valence-electron chi connectivity index (χ1n) is 8.10. The van der Waals surface area contributed by atoms with E-state index in [0.29, 0.717) is 12.3 Å². The smallest absolute Gasteiger partial charge is 0.228 e. The van der Waals surface area contributed by atoms with Gasteiger partial charge in [-0.3, -0.25) is 4.79 Å². The molecule has 3 rings (SSSR count). The zero-order valence-electron chi connectivity index (χ0n) is 14.2. The SMILES string of the molecule is COc1ccc2[nH]cc(CC(=O)Nc3ccc(C(C)C)cc3)c2c1. The number of fused-ring (bicyclic) bond motifs is 1. The molecule has 0 aliphatic carbocycles. The van der Waals surface area contributed by atoms with Crippen molar-refractivity contribution < 1.29 is 9.53 Å². The number of carbonyl (C=O) groups excluding carboxylic acids is 1. The lowest BCUT2D eigenvalue weighted by atomic mass is 10.0. The fourth-order valence-corrected chi connectivity index (χ4v) is 2.76. The summed E-state index contributed by atoms with van der Waals surface area (Å²) in [7, 11) is 1.64. The van der Waals surface area contributed by atoms with E-state index < -0.39 is 0 Å². The Hall–Kier alpha value is -2.75. The maximum absolute atomic E-state index is 12.3. The molecule has 1 aromatic heterocycles.